The number of hydrogen-bond acceptors (Lipinski definition) is 7. The van der Waals surface area contributed by atoms with Crippen LogP contribution in [-0.2, 0) is 9.53 Å². The maximum atomic E-state index is 14.5. The SMILES string of the molecule is O=C(Nc1cc(-c2cc(NCC3CCOCC3)cnn2)c(F)cn1)[C@@H]1CCCNC1. The number of piperidine rings is 1. The Morgan fingerprint density at radius 1 is 1.23 bits per heavy atom. The van der Waals surface area contributed by atoms with E-state index in [0.717, 1.165) is 63.9 Å². The molecular weight excluding hydrogens is 387 g/mol. The fraction of sp³-hybridized carbons (Fsp3) is 0.524. The van der Waals surface area contributed by atoms with E-state index in [-0.39, 0.29) is 17.4 Å². The summed E-state index contributed by atoms with van der Waals surface area (Å²) in [7, 11) is 0. The van der Waals surface area contributed by atoms with E-state index in [1.54, 1.807) is 12.3 Å². The van der Waals surface area contributed by atoms with Gasteiger partial charge in [0.1, 0.15) is 5.82 Å². The summed E-state index contributed by atoms with van der Waals surface area (Å²) >= 11 is 0. The molecule has 0 spiro atoms. The van der Waals surface area contributed by atoms with Crippen molar-refractivity contribution in [2.45, 2.75) is 25.7 Å². The summed E-state index contributed by atoms with van der Waals surface area (Å²) in [5, 5.41) is 17.5. The second-order valence-electron chi connectivity index (χ2n) is 7.85. The van der Waals surface area contributed by atoms with Crippen LogP contribution in [0.5, 0.6) is 0 Å². The molecule has 9 heteroatoms. The van der Waals surface area contributed by atoms with Gasteiger partial charge in [0.05, 0.1) is 29.7 Å². The van der Waals surface area contributed by atoms with E-state index < -0.39 is 5.82 Å². The topological polar surface area (TPSA) is 101 Å². The van der Waals surface area contributed by atoms with Crippen LogP contribution in [0.4, 0.5) is 15.9 Å². The molecule has 30 heavy (non-hydrogen) atoms. The minimum atomic E-state index is -0.511. The lowest BCUT2D eigenvalue weighted by molar-refractivity contribution is -0.120. The minimum absolute atomic E-state index is 0.105. The van der Waals surface area contributed by atoms with Gasteiger partial charge in [-0.3, -0.25) is 4.79 Å². The number of ether oxygens (including phenoxy) is 1. The first kappa shape index (κ1) is 20.6. The number of anilines is 2. The normalized spacial score (nSPS) is 20.0. The van der Waals surface area contributed by atoms with E-state index in [9.17, 15) is 9.18 Å². The number of nitrogens with zero attached hydrogens (tertiary/aromatic N) is 3. The number of halogens is 1. The molecule has 2 aliphatic heterocycles. The highest BCUT2D eigenvalue weighted by atomic mass is 19.1. The molecule has 2 aromatic heterocycles. The van der Waals surface area contributed by atoms with E-state index in [1.807, 2.05) is 0 Å². The highest BCUT2D eigenvalue weighted by Crippen LogP contribution is 2.25. The Morgan fingerprint density at radius 3 is 2.90 bits per heavy atom. The third kappa shape index (κ3) is 5.28. The van der Waals surface area contributed by atoms with Crippen molar-refractivity contribution in [3.05, 3.63) is 30.3 Å². The van der Waals surface area contributed by atoms with Crippen LogP contribution >= 0.6 is 0 Å². The molecule has 1 atom stereocenters. The Balaban J connectivity index is 1.45. The van der Waals surface area contributed by atoms with Crippen molar-refractivity contribution in [3.63, 3.8) is 0 Å². The highest BCUT2D eigenvalue weighted by molar-refractivity contribution is 5.92. The first-order valence-electron chi connectivity index (χ1n) is 10.5. The van der Waals surface area contributed by atoms with Crippen molar-refractivity contribution in [1.82, 2.24) is 20.5 Å². The molecule has 1 amide bonds. The number of amides is 1. The number of pyridine rings is 1. The lowest BCUT2D eigenvalue weighted by atomic mass is 9.99. The molecule has 160 valence electrons. The van der Waals surface area contributed by atoms with Crippen LogP contribution in [-0.4, -0.2) is 53.9 Å². The van der Waals surface area contributed by atoms with E-state index in [2.05, 4.69) is 31.1 Å². The molecule has 2 aromatic rings. The van der Waals surface area contributed by atoms with Gasteiger partial charge >= 0.3 is 0 Å². The van der Waals surface area contributed by atoms with Crippen LogP contribution in [0.1, 0.15) is 25.7 Å². The first-order valence-corrected chi connectivity index (χ1v) is 10.5. The van der Waals surface area contributed by atoms with Crippen molar-refractivity contribution in [2.75, 3.05) is 43.5 Å². The summed E-state index contributed by atoms with van der Waals surface area (Å²) in [6.07, 6.45) is 6.57. The molecule has 2 aliphatic rings. The van der Waals surface area contributed by atoms with Crippen LogP contribution in [0, 0.1) is 17.7 Å². The first-order chi connectivity index (χ1) is 14.7. The number of carbonyl (C=O) groups excluding carboxylic acids is 1. The zero-order valence-corrected chi connectivity index (χ0v) is 16.9. The summed E-state index contributed by atoms with van der Waals surface area (Å²) in [5.41, 5.74) is 1.42. The van der Waals surface area contributed by atoms with Crippen molar-refractivity contribution >= 4 is 17.4 Å². The van der Waals surface area contributed by atoms with Gasteiger partial charge in [-0.15, -0.1) is 0 Å². The molecule has 0 radical (unpaired) electrons. The van der Waals surface area contributed by atoms with Crippen LogP contribution in [0.15, 0.2) is 24.5 Å². The van der Waals surface area contributed by atoms with Gasteiger partial charge in [-0.1, -0.05) is 0 Å². The van der Waals surface area contributed by atoms with Crippen LogP contribution in [0.2, 0.25) is 0 Å². The Kier molecular flexibility index (Phi) is 6.81. The van der Waals surface area contributed by atoms with Gasteiger partial charge in [0.15, 0.2) is 5.82 Å². The average Bonchev–Trinajstić information content (AvgIpc) is 2.80. The molecule has 0 aromatic carbocycles. The van der Waals surface area contributed by atoms with Gasteiger partial charge in [0.2, 0.25) is 5.91 Å². The fourth-order valence-electron chi connectivity index (χ4n) is 3.81. The Morgan fingerprint density at radius 2 is 2.10 bits per heavy atom. The molecule has 2 fully saturated rings. The van der Waals surface area contributed by atoms with E-state index in [0.29, 0.717) is 24.0 Å². The molecule has 0 aliphatic carbocycles. The van der Waals surface area contributed by atoms with Crippen molar-refractivity contribution in [3.8, 4) is 11.3 Å². The molecule has 0 unspecified atom stereocenters. The van der Waals surface area contributed by atoms with E-state index in [1.165, 1.54) is 6.07 Å². The van der Waals surface area contributed by atoms with Crippen LogP contribution in [0.3, 0.4) is 0 Å². The Bertz CT molecular complexity index is 868. The highest BCUT2D eigenvalue weighted by Gasteiger charge is 2.22. The maximum Gasteiger partial charge on any atom is 0.229 e. The number of rotatable bonds is 6. The molecule has 2 saturated heterocycles. The standard InChI is InChI=1S/C21H27FN6O2/c22-18-13-25-20(27-21(29)15-2-1-5-23-11-15)9-17(18)19-8-16(12-26-28-19)24-10-14-3-6-30-7-4-14/h8-9,12-15,23H,1-7,10-11H2,(H,24,28)(H,25,27,29)/t15-/m1/s1. The third-order valence-corrected chi connectivity index (χ3v) is 5.64. The molecule has 0 saturated carbocycles. The van der Waals surface area contributed by atoms with Crippen molar-refractivity contribution < 1.29 is 13.9 Å². The predicted molar refractivity (Wildman–Crippen MR) is 111 cm³/mol. The molecular formula is C21H27FN6O2. The molecule has 4 heterocycles. The summed E-state index contributed by atoms with van der Waals surface area (Å²) in [6.45, 7) is 3.97. The largest absolute Gasteiger partial charge is 0.383 e. The maximum absolute atomic E-state index is 14.5. The Labute approximate surface area is 175 Å². The monoisotopic (exact) mass is 414 g/mol. The smallest absolute Gasteiger partial charge is 0.229 e. The molecule has 4 rings (SSSR count). The summed E-state index contributed by atoms with van der Waals surface area (Å²) in [6, 6.07) is 3.27. The molecule has 3 N–H and O–H groups in total. The van der Waals surface area contributed by atoms with Gasteiger partial charge in [-0.25, -0.2) is 9.37 Å². The van der Waals surface area contributed by atoms with Crippen LogP contribution in [0.25, 0.3) is 11.3 Å². The number of carbonyl (C=O) groups is 1. The summed E-state index contributed by atoms with van der Waals surface area (Å²) < 4.78 is 19.9. The third-order valence-electron chi connectivity index (χ3n) is 5.64. The average molecular weight is 414 g/mol. The molecule has 0 bridgehead atoms. The summed E-state index contributed by atoms with van der Waals surface area (Å²) in [4.78, 5) is 16.5. The van der Waals surface area contributed by atoms with E-state index >= 15 is 0 Å². The second-order valence-corrected chi connectivity index (χ2v) is 7.85. The van der Waals surface area contributed by atoms with Gasteiger partial charge in [0.25, 0.3) is 0 Å². The van der Waals surface area contributed by atoms with Crippen molar-refractivity contribution in [2.24, 2.45) is 11.8 Å². The minimum Gasteiger partial charge on any atom is -0.383 e. The lowest BCUT2D eigenvalue weighted by Gasteiger charge is -2.22. The quantitative estimate of drug-likeness (QED) is 0.667. The second kappa shape index (κ2) is 9.90. The van der Waals surface area contributed by atoms with Crippen molar-refractivity contribution in [1.29, 1.82) is 0 Å². The van der Waals surface area contributed by atoms with Gasteiger partial charge < -0.3 is 20.7 Å². The summed E-state index contributed by atoms with van der Waals surface area (Å²) in [5.74, 6) is 0.133. The number of aromatic nitrogens is 3. The fourth-order valence-corrected chi connectivity index (χ4v) is 3.81. The lowest BCUT2D eigenvalue weighted by Crippen LogP contribution is -2.37. The zero-order valence-electron chi connectivity index (χ0n) is 16.9. The van der Waals surface area contributed by atoms with E-state index in [4.69, 9.17) is 4.74 Å². The van der Waals surface area contributed by atoms with Gasteiger partial charge in [-0.05, 0) is 50.3 Å². The Hall–Kier alpha value is -2.65. The van der Waals surface area contributed by atoms with Crippen LogP contribution < -0.4 is 16.0 Å². The van der Waals surface area contributed by atoms with Gasteiger partial charge in [0, 0.05) is 31.9 Å². The number of hydrogen-bond donors (Lipinski definition) is 3. The zero-order chi connectivity index (χ0) is 20.8. The predicted octanol–water partition coefficient (Wildman–Crippen LogP) is 2.45. The molecule has 8 nitrogen and oxygen atoms in total. The van der Waals surface area contributed by atoms with Gasteiger partial charge in [-0.2, -0.15) is 10.2 Å². The number of nitrogens with one attached hydrogen (secondary N) is 3.